The van der Waals surface area contributed by atoms with E-state index < -0.39 is 5.60 Å². The van der Waals surface area contributed by atoms with Crippen molar-refractivity contribution < 1.29 is 9.53 Å². The second kappa shape index (κ2) is 5.45. The molecule has 0 spiro atoms. The Hall–Kier alpha value is -0.770. The Labute approximate surface area is 129 Å². The van der Waals surface area contributed by atoms with Gasteiger partial charge in [-0.2, -0.15) is 0 Å². The van der Waals surface area contributed by atoms with Crippen molar-refractivity contribution in [2.24, 2.45) is 11.3 Å². The van der Waals surface area contributed by atoms with E-state index in [-0.39, 0.29) is 11.6 Å². The van der Waals surface area contributed by atoms with Crippen LogP contribution in [-0.4, -0.2) is 29.8 Å². The summed E-state index contributed by atoms with van der Waals surface area (Å²) in [5.41, 5.74) is -0.0216. The Bertz CT molecular complexity index is 394. The minimum absolute atomic E-state index is 0.0259. The molecule has 4 nitrogen and oxygen atoms in total. The van der Waals surface area contributed by atoms with Gasteiger partial charge in [-0.3, -0.25) is 0 Å². The molecule has 0 heterocycles. The van der Waals surface area contributed by atoms with E-state index in [4.69, 9.17) is 4.74 Å². The van der Waals surface area contributed by atoms with Crippen LogP contribution in [0.15, 0.2) is 0 Å². The highest BCUT2D eigenvalue weighted by Crippen LogP contribution is 2.49. The predicted octanol–water partition coefficient (Wildman–Crippen LogP) is 3.46. The van der Waals surface area contributed by atoms with Gasteiger partial charge in [0.25, 0.3) is 0 Å². The minimum atomic E-state index is -0.442. The van der Waals surface area contributed by atoms with Gasteiger partial charge in [0, 0.05) is 18.1 Å². The molecular weight excluding hydrogens is 264 g/mol. The molecular formula is C17H32N2O2. The van der Waals surface area contributed by atoms with Crippen molar-refractivity contribution in [3.05, 3.63) is 0 Å². The normalized spacial score (nSPS) is 24.9. The summed E-state index contributed by atoms with van der Waals surface area (Å²) in [5.74, 6) is 0.664. The molecule has 2 fully saturated rings. The second-order valence-corrected chi connectivity index (χ2v) is 8.57. The van der Waals surface area contributed by atoms with E-state index in [0.29, 0.717) is 23.9 Å². The smallest absolute Gasteiger partial charge is 0.407 e. The predicted molar refractivity (Wildman–Crippen MR) is 85.3 cm³/mol. The summed E-state index contributed by atoms with van der Waals surface area (Å²) in [6.45, 7) is 13.2. The molecule has 2 saturated carbocycles. The molecule has 2 rings (SSSR count). The van der Waals surface area contributed by atoms with Crippen LogP contribution in [0.5, 0.6) is 0 Å². The fourth-order valence-electron chi connectivity index (χ4n) is 2.90. The summed E-state index contributed by atoms with van der Waals surface area (Å²) < 4.78 is 5.34. The molecule has 122 valence electrons. The lowest BCUT2D eigenvalue weighted by Crippen LogP contribution is -2.57. The maximum Gasteiger partial charge on any atom is 0.407 e. The van der Waals surface area contributed by atoms with Crippen molar-refractivity contribution in [2.45, 2.75) is 84.4 Å². The SMILES string of the molecule is CC(NC(C)(CNC(=O)OC(C)(C)C)C1CC1)C1(C)CC1. The molecule has 2 aliphatic rings. The van der Waals surface area contributed by atoms with E-state index in [9.17, 15) is 4.79 Å². The molecule has 4 heteroatoms. The number of nitrogens with one attached hydrogen (secondary N) is 2. The second-order valence-electron chi connectivity index (χ2n) is 8.57. The Morgan fingerprint density at radius 1 is 1.29 bits per heavy atom. The third-order valence-corrected chi connectivity index (χ3v) is 5.11. The molecule has 0 aromatic rings. The van der Waals surface area contributed by atoms with Gasteiger partial charge in [-0.15, -0.1) is 0 Å². The first kappa shape index (κ1) is 16.6. The van der Waals surface area contributed by atoms with Gasteiger partial charge in [0.2, 0.25) is 0 Å². The molecule has 0 aromatic carbocycles. The van der Waals surface area contributed by atoms with Crippen LogP contribution in [0.4, 0.5) is 4.79 Å². The van der Waals surface area contributed by atoms with Crippen LogP contribution in [0, 0.1) is 11.3 Å². The van der Waals surface area contributed by atoms with Crippen LogP contribution in [0.2, 0.25) is 0 Å². The Kier molecular flexibility index (Phi) is 4.31. The maximum absolute atomic E-state index is 11.9. The van der Waals surface area contributed by atoms with E-state index >= 15 is 0 Å². The van der Waals surface area contributed by atoms with Gasteiger partial charge in [0.05, 0.1) is 0 Å². The van der Waals surface area contributed by atoms with Gasteiger partial charge in [-0.1, -0.05) is 6.92 Å². The summed E-state index contributed by atoms with van der Waals surface area (Å²) in [7, 11) is 0. The molecule has 2 N–H and O–H groups in total. The van der Waals surface area contributed by atoms with Crippen molar-refractivity contribution in [1.29, 1.82) is 0 Å². The van der Waals surface area contributed by atoms with Crippen LogP contribution < -0.4 is 10.6 Å². The third kappa shape index (κ3) is 4.60. The molecule has 0 bridgehead atoms. The van der Waals surface area contributed by atoms with E-state index in [2.05, 4.69) is 31.4 Å². The number of rotatable bonds is 6. The Morgan fingerprint density at radius 3 is 2.29 bits per heavy atom. The summed E-state index contributed by atoms with van der Waals surface area (Å²) in [4.78, 5) is 11.9. The van der Waals surface area contributed by atoms with Gasteiger partial charge in [0.15, 0.2) is 0 Å². The molecule has 2 unspecified atom stereocenters. The molecule has 0 radical (unpaired) electrons. The largest absolute Gasteiger partial charge is 0.444 e. The summed E-state index contributed by atoms with van der Waals surface area (Å²) >= 11 is 0. The monoisotopic (exact) mass is 296 g/mol. The standard InChI is InChI=1S/C17H32N2O2/c1-12(16(5)9-10-16)19-17(6,13-7-8-13)11-18-14(20)21-15(2,3)4/h12-13,19H,7-11H2,1-6H3,(H,18,20). The van der Waals surface area contributed by atoms with E-state index in [1.54, 1.807) is 0 Å². The van der Waals surface area contributed by atoms with Crippen LogP contribution in [0.1, 0.15) is 67.2 Å². The number of carbonyl (C=O) groups excluding carboxylic acids is 1. The van der Waals surface area contributed by atoms with Crippen molar-refractivity contribution in [3.8, 4) is 0 Å². The fraction of sp³-hybridized carbons (Fsp3) is 0.941. The zero-order valence-corrected chi connectivity index (χ0v) is 14.5. The lowest BCUT2D eigenvalue weighted by Gasteiger charge is -2.37. The topological polar surface area (TPSA) is 50.4 Å². The Morgan fingerprint density at radius 2 is 1.86 bits per heavy atom. The molecule has 0 aromatic heterocycles. The average molecular weight is 296 g/mol. The number of amides is 1. The highest BCUT2D eigenvalue weighted by Gasteiger charge is 2.48. The van der Waals surface area contributed by atoms with E-state index in [1.165, 1.54) is 25.7 Å². The number of hydrogen-bond acceptors (Lipinski definition) is 3. The van der Waals surface area contributed by atoms with E-state index in [0.717, 1.165) is 0 Å². The lowest BCUT2D eigenvalue weighted by molar-refractivity contribution is 0.0503. The van der Waals surface area contributed by atoms with Crippen molar-refractivity contribution in [3.63, 3.8) is 0 Å². The quantitative estimate of drug-likeness (QED) is 0.789. The van der Waals surface area contributed by atoms with Crippen molar-refractivity contribution in [1.82, 2.24) is 10.6 Å². The number of ether oxygens (including phenoxy) is 1. The summed E-state index contributed by atoms with van der Waals surface area (Å²) in [6.07, 6.45) is 4.80. The highest BCUT2D eigenvalue weighted by molar-refractivity contribution is 5.67. The van der Waals surface area contributed by atoms with Gasteiger partial charge < -0.3 is 15.4 Å². The first-order chi connectivity index (χ1) is 9.54. The van der Waals surface area contributed by atoms with Gasteiger partial charge >= 0.3 is 6.09 Å². The fourth-order valence-corrected chi connectivity index (χ4v) is 2.90. The number of alkyl carbamates (subject to hydrolysis) is 1. The molecule has 2 aliphatic carbocycles. The Balaban J connectivity index is 1.88. The van der Waals surface area contributed by atoms with Gasteiger partial charge in [0.1, 0.15) is 5.60 Å². The molecule has 2 atom stereocenters. The van der Waals surface area contributed by atoms with Gasteiger partial charge in [-0.25, -0.2) is 4.79 Å². The molecule has 1 amide bonds. The average Bonchev–Trinajstić information content (AvgIpc) is 3.17. The van der Waals surface area contributed by atoms with Gasteiger partial charge in [-0.05, 0) is 71.6 Å². The van der Waals surface area contributed by atoms with Crippen LogP contribution in [-0.2, 0) is 4.74 Å². The zero-order valence-electron chi connectivity index (χ0n) is 14.5. The van der Waals surface area contributed by atoms with Crippen molar-refractivity contribution >= 4 is 6.09 Å². The molecule has 21 heavy (non-hydrogen) atoms. The first-order valence-corrected chi connectivity index (χ1v) is 8.29. The first-order valence-electron chi connectivity index (χ1n) is 8.29. The number of carbonyl (C=O) groups is 1. The highest BCUT2D eigenvalue weighted by atomic mass is 16.6. The summed E-state index contributed by atoms with van der Waals surface area (Å²) in [6, 6.07) is 0.489. The third-order valence-electron chi connectivity index (χ3n) is 5.11. The molecule has 0 saturated heterocycles. The van der Waals surface area contributed by atoms with Crippen molar-refractivity contribution in [2.75, 3.05) is 6.54 Å². The number of hydrogen-bond donors (Lipinski definition) is 2. The zero-order chi connectivity index (χ0) is 15.9. The summed E-state index contributed by atoms with van der Waals surface area (Å²) in [5, 5.41) is 6.76. The van der Waals surface area contributed by atoms with Crippen LogP contribution in [0.25, 0.3) is 0 Å². The minimum Gasteiger partial charge on any atom is -0.444 e. The van der Waals surface area contributed by atoms with Crippen LogP contribution >= 0.6 is 0 Å². The maximum atomic E-state index is 11.9. The van der Waals surface area contributed by atoms with E-state index in [1.807, 2.05) is 20.8 Å². The molecule has 0 aliphatic heterocycles. The van der Waals surface area contributed by atoms with Crippen LogP contribution in [0.3, 0.4) is 0 Å². The lowest BCUT2D eigenvalue weighted by atomic mass is 9.91.